The molecule has 0 N–H and O–H groups in total. The average Bonchev–Trinajstić information content (AvgIpc) is 2.52. The average molecular weight is 375 g/mol. The number of pyridine rings is 1. The molecule has 3 rings (SSSR count). The van der Waals surface area contributed by atoms with Gasteiger partial charge in [-0.15, -0.1) is 0 Å². The van der Waals surface area contributed by atoms with Crippen LogP contribution in [-0.2, 0) is 0 Å². The molecule has 22 heavy (non-hydrogen) atoms. The van der Waals surface area contributed by atoms with Gasteiger partial charge < -0.3 is 4.74 Å². The van der Waals surface area contributed by atoms with Gasteiger partial charge >= 0.3 is 0 Å². The van der Waals surface area contributed by atoms with Crippen molar-refractivity contribution >= 4 is 50.6 Å². The predicted octanol–water partition coefficient (Wildman–Crippen LogP) is 5.83. The van der Waals surface area contributed by atoms with E-state index in [1.165, 1.54) is 0 Å². The van der Waals surface area contributed by atoms with Crippen molar-refractivity contribution in [1.29, 1.82) is 0 Å². The summed E-state index contributed by atoms with van der Waals surface area (Å²) in [6, 6.07) is 15.8. The number of hydrogen-bond donors (Lipinski definition) is 0. The SMILES string of the molecule is COc1c(Br)cc(Cl)cc1/C=C/c1ccc2ccccc2n1. The molecule has 0 saturated heterocycles. The number of aromatic nitrogens is 1. The van der Waals surface area contributed by atoms with Gasteiger partial charge in [0.05, 0.1) is 22.8 Å². The molecule has 0 aliphatic carbocycles. The van der Waals surface area contributed by atoms with E-state index in [0.717, 1.165) is 32.4 Å². The Hall–Kier alpha value is -1.84. The molecule has 0 atom stereocenters. The van der Waals surface area contributed by atoms with Gasteiger partial charge in [0.1, 0.15) is 5.75 Å². The first kappa shape index (κ1) is 15.1. The number of benzene rings is 2. The third-order valence-corrected chi connectivity index (χ3v) is 4.10. The van der Waals surface area contributed by atoms with Crippen LogP contribution < -0.4 is 4.74 Å². The van der Waals surface area contributed by atoms with Crippen LogP contribution in [0.5, 0.6) is 5.75 Å². The maximum atomic E-state index is 6.10. The van der Waals surface area contributed by atoms with Crippen LogP contribution in [0.4, 0.5) is 0 Å². The summed E-state index contributed by atoms with van der Waals surface area (Å²) in [5.74, 6) is 0.751. The zero-order chi connectivity index (χ0) is 15.5. The number of methoxy groups -OCH3 is 1. The zero-order valence-electron chi connectivity index (χ0n) is 11.9. The summed E-state index contributed by atoms with van der Waals surface area (Å²) in [5.41, 5.74) is 2.76. The molecule has 0 saturated carbocycles. The van der Waals surface area contributed by atoms with E-state index in [4.69, 9.17) is 16.3 Å². The van der Waals surface area contributed by atoms with Crippen molar-refractivity contribution in [2.75, 3.05) is 7.11 Å². The molecule has 0 fully saturated rings. The lowest BCUT2D eigenvalue weighted by Gasteiger charge is -2.08. The molecule has 0 spiro atoms. The van der Waals surface area contributed by atoms with Gasteiger partial charge in [-0.1, -0.05) is 35.9 Å². The lowest BCUT2D eigenvalue weighted by atomic mass is 10.1. The summed E-state index contributed by atoms with van der Waals surface area (Å²) in [6.45, 7) is 0. The topological polar surface area (TPSA) is 22.1 Å². The van der Waals surface area contributed by atoms with Crippen LogP contribution in [-0.4, -0.2) is 12.1 Å². The third-order valence-electron chi connectivity index (χ3n) is 3.29. The number of ether oxygens (including phenoxy) is 1. The van der Waals surface area contributed by atoms with E-state index in [1.807, 2.05) is 54.6 Å². The van der Waals surface area contributed by atoms with Crippen LogP contribution in [0.15, 0.2) is 53.0 Å². The highest BCUT2D eigenvalue weighted by atomic mass is 79.9. The highest BCUT2D eigenvalue weighted by molar-refractivity contribution is 9.10. The second kappa shape index (κ2) is 6.51. The molecular formula is C18H13BrClNO. The van der Waals surface area contributed by atoms with Gasteiger partial charge in [-0.3, -0.25) is 0 Å². The molecule has 3 aromatic rings. The lowest BCUT2D eigenvalue weighted by molar-refractivity contribution is 0.411. The third kappa shape index (κ3) is 3.16. The Labute approximate surface area is 142 Å². The fraction of sp³-hybridized carbons (Fsp3) is 0.0556. The summed E-state index contributed by atoms with van der Waals surface area (Å²) in [6.07, 6.45) is 3.90. The fourth-order valence-corrected chi connectivity index (χ4v) is 3.27. The van der Waals surface area contributed by atoms with E-state index >= 15 is 0 Å². The summed E-state index contributed by atoms with van der Waals surface area (Å²) in [4.78, 5) is 4.62. The maximum absolute atomic E-state index is 6.10. The Balaban J connectivity index is 1.99. The molecule has 0 aliphatic heterocycles. The van der Waals surface area contributed by atoms with Crippen molar-refractivity contribution in [1.82, 2.24) is 4.98 Å². The van der Waals surface area contributed by atoms with Crippen molar-refractivity contribution in [3.63, 3.8) is 0 Å². The summed E-state index contributed by atoms with van der Waals surface area (Å²) >= 11 is 9.56. The largest absolute Gasteiger partial charge is 0.495 e. The number of para-hydroxylation sites is 1. The molecule has 0 radical (unpaired) electrons. The van der Waals surface area contributed by atoms with E-state index in [9.17, 15) is 0 Å². The molecule has 0 aliphatic rings. The lowest BCUT2D eigenvalue weighted by Crippen LogP contribution is -1.89. The predicted molar refractivity (Wildman–Crippen MR) is 96.4 cm³/mol. The normalized spacial score (nSPS) is 11.2. The summed E-state index contributed by atoms with van der Waals surface area (Å²) < 4.78 is 6.24. The minimum Gasteiger partial charge on any atom is -0.495 e. The molecule has 1 heterocycles. The van der Waals surface area contributed by atoms with Crippen LogP contribution >= 0.6 is 27.5 Å². The van der Waals surface area contributed by atoms with Gasteiger partial charge in [0.15, 0.2) is 0 Å². The van der Waals surface area contributed by atoms with Gasteiger partial charge in [0.2, 0.25) is 0 Å². The van der Waals surface area contributed by atoms with Crippen LogP contribution in [0.1, 0.15) is 11.3 Å². The highest BCUT2D eigenvalue weighted by Gasteiger charge is 2.07. The van der Waals surface area contributed by atoms with Gasteiger partial charge in [-0.2, -0.15) is 0 Å². The highest BCUT2D eigenvalue weighted by Crippen LogP contribution is 2.33. The second-order valence-corrected chi connectivity index (χ2v) is 6.06. The van der Waals surface area contributed by atoms with Gasteiger partial charge in [0, 0.05) is 16.0 Å². The number of hydrogen-bond acceptors (Lipinski definition) is 2. The maximum Gasteiger partial charge on any atom is 0.140 e. The molecule has 0 unspecified atom stereocenters. The zero-order valence-corrected chi connectivity index (χ0v) is 14.2. The number of halogens is 2. The van der Waals surface area contributed by atoms with Gasteiger partial charge in [-0.25, -0.2) is 4.98 Å². The Morgan fingerprint density at radius 2 is 1.91 bits per heavy atom. The van der Waals surface area contributed by atoms with Crippen molar-refractivity contribution in [3.8, 4) is 5.75 Å². The van der Waals surface area contributed by atoms with Crippen LogP contribution in [0.3, 0.4) is 0 Å². The minimum atomic E-state index is 0.652. The number of fused-ring (bicyclic) bond motifs is 1. The van der Waals surface area contributed by atoms with E-state index in [2.05, 4.69) is 27.0 Å². The molecule has 2 aromatic carbocycles. The minimum absolute atomic E-state index is 0.652. The Morgan fingerprint density at radius 3 is 2.73 bits per heavy atom. The molecule has 0 bridgehead atoms. The first-order valence-electron chi connectivity index (χ1n) is 6.74. The molecule has 110 valence electrons. The fourth-order valence-electron chi connectivity index (χ4n) is 2.27. The summed E-state index contributed by atoms with van der Waals surface area (Å²) in [7, 11) is 1.64. The van der Waals surface area contributed by atoms with Crippen molar-refractivity contribution in [3.05, 3.63) is 69.3 Å². The van der Waals surface area contributed by atoms with Gasteiger partial charge in [0.25, 0.3) is 0 Å². The first-order chi connectivity index (χ1) is 10.7. The van der Waals surface area contributed by atoms with E-state index in [-0.39, 0.29) is 0 Å². The Morgan fingerprint density at radius 1 is 1.09 bits per heavy atom. The quantitative estimate of drug-likeness (QED) is 0.575. The second-order valence-electron chi connectivity index (χ2n) is 4.77. The first-order valence-corrected chi connectivity index (χ1v) is 7.91. The molecule has 0 amide bonds. The van der Waals surface area contributed by atoms with Crippen molar-refractivity contribution in [2.24, 2.45) is 0 Å². The molecule has 2 nitrogen and oxygen atoms in total. The standard InChI is InChI=1S/C18H13BrClNO/c1-22-18-13(10-14(20)11-16(18)19)7-9-15-8-6-12-4-2-3-5-17(12)21-15/h2-11H,1H3/b9-7+. The van der Waals surface area contributed by atoms with Crippen LogP contribution in [0, 0.1) is 0 Å². The van der Waals surface area contributed by atoms with E-state index < -0.39 is 0 Å². The molecular weight excluding hydrogens is 362 g/mol. The van der Waals surface area contributed by atoms with E-state index in [0.29, 0.717) is 5.02 Å². The molecule has 1 aromatic heterocycles. The smallest absolute Gasteiger partial charge is 0.140 e. The Bertz CT molecular complexity index is 861. The van der Waals surface area contributed by atoms with Gasteiger partial charge in [-0.05, 0) is 52.3 Å². The monoisotopic (exact) mass is 373 g/mol. The Kier molecular flexibility index (Phi) is 4.46. The van der Waals surface area contributed by atoms with E-state index in [1.54, 1.807) is 7.11 Å². The van der Waals surface area contributed by atoms with Crippen molar-refractivity contribution in [2.45, 2.75) is 0 Å². The molecule has 4 heteroatoms. The number of rotatable bonds is 3. The van der Waals surface area contributed by atoms with Crippen LogP contribution in [0.25, 0.3) is 23.1 Å². The van der Waals surface area contributed by atoms with Crippen molar-refractivity contribution < 1.29 is 4.74 Å². The number of nitrogens with zero attached hydrogens (tertiary/aromatic N) is 1. The van der Waals surface area contributed by atoms with Crippen LogP contribution in [0.2, 0.25) is 5.02 Å². The summed E-state index contributed by atoms with van der Waals surface area (Å²) in [5, 5.41) is 1.78.